The molecule has 0 spiro atoms. The number of nitrogens with one attached hydrogen (secondary N) is 2. The van der Waals surface area contributed by atoms with Crippen molar-refractivity contribution in [2.75, 3.05) is 5.32 Å². The molecule has 0 atom stereocenters. The van der Waals surface area contributed by atoms with Gasteiger partial charge in [-0.3, -0.25) is 4.79 Å². The Morgan fingerprint density at radius 2 is 1.91 bits per heavy atom. The fourth-order valence-electron chi connectivity index (χ4n) is 2.06. The summed E-state index contributed by atoms with van der Waals surface area (Å²) in [4.78, 5) is 30.3. The highest BCUT2D eigenvalue weighted by molar-refractivity contribution is 6.02. The van der Waals surface area contributed by atoms with Gasteiger partial charge in [-0.2, -0.15) is 4.98 Å². The molecule has 1 aromatic carbocycles. The number of aromatic nitrogens is 3. The third-order valence-corrected chi connectivity index (χ3v) is 3.21. The van der Waals surface area contributed by atoms with Crippen molar-refractivity contribution in [2.45, 2.75) is 13.8 Å². The van der Waals surface area contributed by atoms with Crippen LogP contribution in [0, 0.1) is 13.8 Å². The highest BCUT2D eigenvalue weighted by Gasteiger charge is 2.12. The maximum atomic E-state index is 12.2. The molecule has 2 heterocycles. The molecule has 7 nitrogen and oxygen atoms in total. The van der Waals surface area contributed by atoms with Crippen molar-refractivity contribution in [3.05, 3.63) is 63.9 Å². The number of anilines is 1. The molecule has 3 rings (SSSR count). The van der Waals surface area contributed by atoms with E-state index in [0.717, 1.165) is 11.1 Å². The van der Waals surface area contributed by atoms with Crippen LogP contribution in [0.15, 0.2) is 45.7 Å². The summed E-state index contributed by atoms with van der Waals surface area (Å²) in [5, 5.41) is 6.23. The number of hydrogen-bond acceptors (Lipinski definition) is 5. The van der Waals surface area contributed by atoms with E-state index in [-0.39, 0.29) is 11.5 Å². The second-order valence-electron chi connectivity index (χ2n) is 5.13. The molecule has 0 bridgehead atoms. The summed E-state index contributed by atoms with van der Waals surface area (Å²) in [5.41, 5.74) is 1.78. The molecule has 0 aliphatic rings. The lowest BCUT2D eigenvalue weighted by Gasteiger charge is -2.05. The first-order valence-corrected chi connectivity index (χ1v) is 6.94. The van der Waals surface area contributed by atoms with Gasteiger partial charge in [0.15, 0.2) is 5.82 Å². The van der Waals surface area contributed by atoms with Gasteiger partial charge in [-0.05, 0) is 19.9 Å². The first-order valence-electron chi connectivity index (χ1n) is 6.94. The van der Waals surface area contributed by atoms with Gasteiger partial charge in [0.1, 0.15) is 11.5 Å². The first-order chi connectivity index (χ1) is 11.0. The van der Waals surface area contributed by atoms with Crippen LogP contribution in [-0.4, -0.2) is 21.0 Å². The second-order valence-corrected chi connectivity index (χ2v) is 5.13. The van der Waals surface area contributed by atoms with Crippen LogP contribution in [0.1, 0.15) is 21.8 Å². The van der Waals surface area contributed by atoms with Crippen LogP contribution >= 0.6 is 0 Å². The van der Waals surface area contributed by atoms with Gasteiger partial charge in [0, 0.05) is 11.6 Å². The Balaban J connectivity index is 1.92. The Bertz CT molecular complexity index is 910. The molecule has 0 saturated carbocycles. The Labute approximate surface area is 131 Å². The predicted octanol–water partition coefficient (Wildman–Crippen LogP) is 2.29. The Morgan fingerprint density at radius 3 is 2.57 bits per heavy atom. The molecule has 0 fully saturated rings. The van der Waals surface area contributed by atoms with Crippen LogP contribution in [0.3, 0.4) is 0 Å². The largest absolute Gasteiger partial charge is 0.360 e. The van der Waals surface area contributed by atoms with Gasteiger partial charge in [0.05, 0.1) is 5.69 Å². The number of benzene rings is 1. The van der Waals surface area contributed by atoms with Crippen LogP contribution in [0.2, 0.25) is 0 Å². The van der Waals surface area contributed by atoms with E-state index in [1.54, 1.807) is 13.0 Å². The highest BCUT2D eigenvalue weighted by atomic mass is 16.5. The molecule has 1 amide bonds. The van der Waals surface area contributed by atoms with Crippen molar-refractivity contribution in [3.8, 4) is 11.3 Å². The predicted molar refractivity (Wildman–Crippen MR) is 84.2 cm³/mol. The molecule has 2 N–H and O–H groups in total. The molecule has 0 aliphatic carbocycles. The lowest BCUT2D eigenvalue weighted by Crippen LogP contribution is -2.21. The molecule has 0 radical (unpaired) electrons. The van der Waals surface area contributed by atoms with Crippen LogP contribution in [0.25, 0.3) is 11.3 Å². The third kappa shape index (κ3) is 3.34. The fourth-order valence-corrected chi connectivity index (χ4v) is 2.06. The van der Waals surface area contributed by atoms with E-state index in [0.29, 0.717) is 11.5 Å². The maximum Gasteiger partial charge on any atom is 0.346 e. The zero-order valence-corrected chi connectivity index (χ0v) is 12.6. The molecule has 23 heavy (non-hydrogen) atoms. The van der Waals surface area contributed by atoms with E-state index in [9.17, 15) is 9.59 Å². The van der Waals surface area contributed by atoms with E-state index < -0.39 is 11.6 Å². The monoisotopic (exact) mass is 310 g/mol. The van der Waals surface area contributed by atoms with Gasteiger partial charge in [0.2, 0.25) is 0 Å². The van der Waals surface area contributed by atoms with E-state index in [4.69, 9.17) is 4.52 Å². The molecule has 116 valence electrons. The lowest BCUT2D eigenvalue weighted by atomic mass is 10.1. The number of amides is 1. The summed E-state index contributed by atoms with van der Waals surface area (Å²) in [6.45, 7) is 3.68. The van der Waals surface area contributed by atoms with Gasteiger partial charge < -0.3 is 14.8 Å². The summed E-state index contributed by atoms with van der Waals surface area (Å²) in [6, 6.07) is 10.6. The summed E-state index contributed by atoms with van der Waals surface area (Å²) in [5.74, 6) is 0.358. The van der Waals surface area contributed by atoms with Gasteiger partial charge in [0.25, 0.3) is 5.91 Å². The summed E-state index contributed by atoms with van der Waals surface area (Å²) in [7, 11) is 0. The number of aromatic amines is 1. The second kappa shape index (κ2) is 5.88. The van der Waals surface area contributed by atoms with Gasteiger partial charge in [-0.25, -0.2) is 4.79 Å². The molecule has 3 aromatic rings. The number of rotatable bonds is 3. The van der Waals surface area contributed by atoms with E-state index in [2.05, 4.69) is 20.4 Å². The Morgan fingerprint density at radius 1 is 1.17 bits per heavy atom. The van der Waals surface area contributed by atoms with Crippen LogP contribution < -0.4 is 11.0 Å². The number of aryl methyl sites for hydroxylation is 2. The van der Waals surface area contributed by atoms with Gasteiger partial charge in [-0.15, -0.1) is 0 Å². The van der Waals surface area contributed by atoms with Crippen molar-refractivity contribution in [1.82, 2.24) is 15.1 Å². The zero-order chi connectivity index (χ0) is 16.4. The van der Waals surface area contributed by atoms with Crippen LogP contribution in [-0.2, 0) is 0 Å². The van der Waals surface area contributed by atoms with Gasteiger partial charge in [-0.1, -0.05) is 35.0 Å². The van der Waals surface area contributed by atoms with Crippen molar-refractivity contribution < 1.29 is 9.32 Å². The van der Waals surface area contributed by atoms with Crippen molar-refractivity contribution in [2.24, 2.45) is 0 Å². The fraction of sp³-hybridized carbons (Fsp3) is 0.125. The quantitative estimate of drug-likeness (QED) is 0.773. The number of nitrogens with zero attached hydrogens (tertiary/aromatic N) is 2. The summed E-state index contributed by atoms with van der Waals surface area (Å²) < 4.78 is 4.88. The topological polar surface area (TPSA) is 101 Å². The van der Waals surface area contributed by atoms with Crippen molar-refractivity contribution in [3.63, 3.8) is 0 Å². The lowest BCUT2D eigenvalue weighted by molar-refractivity contribution is 0.102. The minimum atomic E-state index is -0.593. The molecular weight excluding hydrogens is 296 g/mol. The van der Waals surface area contributed by atoms with Gasteiger partial charge >= 0.3 is 5.69 Å². The van der Waals surface area contributed by atoms with Crippen LogP contribution in [0.4, 0.5) is 5.82 Å². The number of H-pyrrole nitrogens is 1. The first kappa shape index (κ1) is 14.7. The zero-order valence-electron chi connectivity index (χ0n) is 12.6. The molecule has 2 aromatic heterocycles. The van der Waals surface area contributed by atoms with E-state index >= 15 is 0 Å². The number of hydrogen-bond donors (Lipinski definition) is 2. The molecule has 0 saturated heterocycles. The minimum absolute atomic E-state index is 0.0984. The molecule has 0 unspecified atom stereocenters. The van der Waals surface area contributed by atoms with Crippen LogP contribution in [0.5, 0.6) is 0 Å². The average molecular weight is 310 g/mol. The molecule has 0 aliphatic heterocycles. The summed E-state index contributed by atoms with van der Waals surface area (Å²) >= 11 is 0. The highest BCUT2D eigenvalue weighted by Crippen LogP contribution is 2.17. The number of carbonyl (C=O) groups is 1. The molecular formula is C16H14N4O3. The molecule has 7 heteroatoms. The van der Waals surface area contributed by atoms with E-state index in [1.165, 1.54) is 6.07 Å². The third-order valence-electron chi connectivity index (χ3n) is 3.21. The SMILES string of the molecule is Cc1ccc(-c2cc(C(=O)Nc3cc(C)on3)[nH]c(=O)n2)cc1. The Kier molecular flexibility index (Phi) is 3.76. The maximum absolute atomic E-state index is 12.2. The number of carbonyl (C=O) groups excluding carboxylic acids is 1. The Hall–Kier alpha value is -3.22. The smallest absolute Gasteiger partial charge is 0.346 e. The minimum Gasteiger partial charge on any atom is -0.360 e. The standard InChI is InChI=1S/C16H14N4O3/c1-9-3-5-11(6-4-9)12-8-13(18-16(22)17-12)15(21)19-14-7-10(2)23-20-14/h3-8H,1-2H3,(H,17,18,22)(H,19,20,21). The van der Waals surface area contributed by atoms with Crippen molar-refractivity contribution in [1.29, 1.82) is 0 Å². The van der Waals surface area contributed by atoms with Crippen molar-refractivity contribution >= 4 is 11.7 Å². The van der Waals surface area contributed by atoms with E-state index in [1.807, 2.05) is 31.2 Å². The summed E-state index contributed by atoms with van der Waals surface area (Å²) in [6.07, 6.45) is 0. The normalized spacial score (nSPS) is 10.5. The average Bonchev–Trinajstić information content (AvgIpc) is 2.92.